The zero-order valence-corrected chi connectivity index (χ0v) is 33.8. The highest BCUT2D eigenvalue weighted by atomic mass is 16.3. The molecule has 1 heterocycles. The van der Waals surface area contributed by atoms with E-state index in [0.717, 1.165) is 44.8 Å². The van der Waals surface area contributed by atoms with Crippen molar-refractivity contribution >= 4 is 58.5 Å². The molecule has 0 N–H and O–H groups in total. The van der Waals surface area contributed by atoms with Crippen molar-refractivity contribution in [3.05, 3.63) is 201 Å². The zero-order valence-electron chi connectivity index (χ0n) is 33.8. The van der Waals surface area contributed by atoms with Crippen molar-refractivity contribution in [3.8, 4) is 0 Å². The number of hydrogen-bond donors (Lipinski definition) is 0. The van der Waals surface area contributed by atoms with Crippen LogP contribution in [0.5, 0.6) is 0 Å². The molecule has 1 aliphatic rings. The summed E-state index contributed by atoms with van der Waals surface area (Å²) in [7, 11) is 0. The molecule has 3 aromatic carbocycles. The minimum Gasteiger partial charge on any atom is -0.464 e. The Morgan fingerprint density at radius 2 is 1.60 bits per heavy atom. The fourth-order valence-corrected chi connectivity index (χ4v) is 6.89. The maximum Gasteiger partial charge on any atom is 0.134 e. The van der Waals surface area contributed by atoms with Gasteiger partial charge in [0.2, 0.25) is 0 Å². The summed E-state index contributed by atoms with van der Waals surface area (Å²) in [5.74, 6) is 0. The van der Waals surface area contributed by atoms with Gasteiger partial charge >= 0.3 is 0 Å². The second-order valence-electron chi connectivity index (χ2n) is 13.7. The van der Waals surface area contributed by atoms with Gasteiger partial charge in [-0.15, -0.1) is 0 Å². The van der Waals surface area contributed by atoms with Crippen LogP contribution in [-0.4, -0.2) is 0 Å². The quantitative estimate of drug-likeness (QED) is 0.152. The van der Waals surface area contributed by atoms with E-state index < -0.39 is 0 Å². The Labute approximate surface area is 328 Å². The molecular formula is C53H55NO. The van der Waals surface area contributed by atoms with Crippen LogP contribution in [0.4, 0.5) is 11.4 Å². The van der Waals surface area contributed by atoms with Crippen LogP contribution in [-0.2, 0) is 0 Å². The van der Waals surface area contributed by atoms with E-state index in [0.29, 0.717) is 0 Å². The lowest BCUT2D eigenvalue weighted by molar-refractivity contribution is 0.530. The number of para-hydroxylation sites is 1. The molecule has 2 heteroatoms. The van der Waals surface area contributed by atoms with Crippen LogP contribution in [0.3, 0.4) is 0 Å². The van der Waals surface area contributed by atoms with Gasteiger partial charge in [0, 0.05) is 28.4 Å². The van der Waals surface area contributed by atoms with E-state index in [4.69, 9.17) is 4.42 Å². The molecule has 2 nitrogen and oxygen atoms in total. The predicted molar refractivity (Wildman–Crippen MR) is 243 cm³/mol. The first-order valence-corrected chi connectivity index (χ1v) is 19.3. The predicted octanol–water partition coefficient (Wildman–Crippen LogP) is 12.1. The Kier molecular flexibility index (Phi) is 14.4. The van der Waals surface area contributed by atoms with Gasteiger partial charge in [0.05, 0.1) is 6.26 Å². The summed E-state index contributed by atoms with van der Waals surface area (Å²) in [5.41, 5.74) is 13.9. The van der Waals surface area contributed by atoms with Gasteiger partial charge in [-0.25, -0.2) is 0 Å². The van der Waals surface area contributed by atoms with E-state index in [1.807, 2.05) is 13.2 Å². The number of fused-ring (bicyclic) bond motifs is 1. The molecule has 0 aliphatic heterocycles. The van der Waals surface area contributed by atoms with E-state index in [2.05, 4.69) is 224 Å². The van der Waals surface area contributed by atoms with Gasteiger partial charge in [-0.05, 0) is 147 Å². The monoisotopic (exact) mass is 721 g/mol. The average molecular weight is 722 g/mol. The minimum absolute atomic E-state index is 0.850. The molecule has 0 unspecified atom stereocenters. The SMILES string of the molecule is C\C=C/C=C1/C=C/C=C\C=C(/C)c2ccc(/C(C)=C/C=c3/cc(N(/C=C(C)/C=c4/occ(/C=C\C/C=C\C)/c4=C/C)c4ccccc4)cc/c3=C/C)c(C)c21. The Morgan fingerprint density at radius 1 is 0.782 bits per heavy atom. The van der Waals surface area contributed by atoms with Crippen LogP contribution < -0.4 is 26.0 Å². The number of benzene rings is 3. The maximum absolute atomic E-state index is 6.09. The Balaban J connectivity index is 1.60. The first-order chi connectivity index (χ1) is 26.8. The van der Waals surface area contributed by atoms with Gasteiger partial charge in [0.25, 0.3) is 0 Å². The summed E-state index contributed by atoms with van der Waals surface area (Å²) in [6, 6.07) is 21.8. The van der Waals surface area contributed by atoms with E-state index in [-0.39, 0.29) is 0 Å². The zero-order chi connectivity index (χ0) is 39.2. The first kappa shape index (κ1) is 40.1. The Hall–Kier alpha value is -6.12. The molecule has 0 spiro atoms. The number of anilines is 2. The summed E-state index contributed by atoms with van der Waals surface area (Å²) in [6.07, 6.45) is 41.5. The van der Waals surface area contributed by atoms with Crippen molar-refractivity contribution < 1.29 is 4.42 Å². The molecular weight excluding hydrogens is 667 g/mol. The summed E-state index contributed by atoms with van der Waals surface area (Å²) in [4.78, 5) is 2.26. The summed E-state index contributed by atoms with van der Waals surface area (Å²) in [5, 5.41) is 3.43. The smallest absolute Gasteiger partial charge is 0.134 e. The highest BCUT2D eigenvalue weighted by Crippen LogP contribution is 2.35. The summed E-state index contributed by atoms with van der Waals surface area (Å²) in [6.45, 7) is 17.1. The van der Waals surface area contributed by atoms with Crippen molar-refractivity contribution in [1.29, 1.82) is 0 Å². The van der Waals surface area contributed by atoms with Gasteiger partial charge in [0.1, 0.15) is 5.42 Å². The average Bonchev–Trinajstić information content (AvgIpc) is 3.61. The standard InChI is InChI=1S/C53H55NO/c1-9-13-15-19-26-46-38-55-52(49(46)12-4)35-39(5)37-54(47-27-21-17-22-28-47)48-32-31-43(11-3)45(36-48)30-29-41(7)50-33-34-51-40(6)23-18-16-20-25-44(24-14-10-2)53(51)42(50)8/h9-14,16-38H,15H2,1-8H3/b13-9-,14-10-,18-16-,25-20+,26-19-,39-37+,40-23+,41-29+,43-11-,44-24-,45-30-,49-12-,52-35+. The van der Waals surface area contributed by atoms with Crippen LogP contribution in [0, 0.1) is 6.92 Å². The molecule has 0 fully saturated rings. The van der Waals surface area contributed by atoms with E-state index >= 15 is 0 Å². The van der Waals surface area contributed by atoms with E-state index in [1.54, 1.807) is 0 Å². The molecule has 5 rings (SSSR count). The van der Waals surface area contributed by atoms with Crippen molar-refractivity contribution in [3.63, 3.8) is 0 Å². The molecule has 0 saturated heterocycles. The Bertz CT molecular complexity index is 2520. The van der Waals surface area contributed by atoms with Crippen LogP contribution in [0.1, 0.15) is 82.7 Å². The lowest BCUT2D eigenvalue weighted by Gasteiger charge is -2.22. The molecule has 0 radical (unpaired) electrons. The second kappa shape index (κ2) is 19.8. The van der Waals surface area contributed by atoms with E-state index in [9.17, 15) is 0 Å². The molecule has 4 aromatic rings. The van der Waals surface area contributed by atoms with E-state index in [1.165, 1.54) is 44.2 Å². The van der Waals surface area contributed by atoms with Crippen molar-refractivity contribution in [2.75, 3.05) is 4.90 Å². The van der Waals surface area contributed by atoms with Crippen LogP contribution in [0.25, 0.3) is 47.1 Å². The number of rotatable bonds is 10. The van der Waals surface area contributed by atoms with Gasteiger partial charge < -0.3 is 9.32 Å². The van der Waals surface area contributed by atoms with Crippen LogP contribution in [0.15, 0.2) is 156 Å². The minimum atomic E-state index is 0.850. The van der Waals surface area contributed by atoms with Crippen molar-refractivity contribution in [2.45, 2.75) is 61.8 Å². The fourth-order valence-electron chi connectivity index (χ4n) is 6.89. The van der Waals surface area contributed by atoms with Gasteiger partial charge in [0.15, 0.2) is 0 Å². The largest absolute Gasteiger partial charge is 0.464 e. The number of hydrogen-bond acceptors (Lipinski definition) is 2. The molecule has 0 saturated carbocycles. The van der Waals surface area contributed by atoms with Crippen LogP contribution >= 0.6 is 0 Å². The van der Waals surface area contributed by atoms with Crippen molar-refractivity contribution in [2.24, 2.45) is 0 Å². The fraction of sp³-hybridized carbons (Fsp3) is 0.170. The molecule has 0 amide bonds. The highest BCUT2D eigenvalue weighted by Gasteiger charge is 2.15. The molecule has 0 bridgehead atoms. The lowest BCUT2D eigenvalue weighted by Crippen LogP contribution is -2.25. The number of nitrogens with zero attached hydrogens (tertiary/aromatic N) is 1. The third-order valence-electron chi connectivity index (χ3n) is 9.80. The maximum atomic E-state index is 6.09. The second-order valence-corrected chi connectivity index (χ2v) is 13.7. The highest BCUT2D eigenvalue weighted by molar-refractivity contribution is 5.89. The van der Waals surface area contributed by atoms with Crippen molar-refractivity contribution in [1.82, 2.24) is 0 Å². The topological polar surface area (TPSA) is 16.4 Å². The molecule has 0 atom stereocenters. The third-order valence-corrected chi connectivity index (χ3v) is 9.80. The Morgan fingerprint density at radius 3 is 2.35 bits per heavy atom. The first-order valence-electron chi connectivity index (χ1n) is 19.3. The normalized spacial score (nSPS) is 18.3. The van der Waals surface area contributed by atoms with Crippen LogP contribution in [0.2, 0.25) is 0 Å². The number of allylic oxidation sites excluding steroid dienone is 16. The summed E-state index contributed by atoms with van der Waals surface area (Å²) >= 11 is 0. The van der Waals surface area contributed by atoms with Gasteiger partial charge in [-0.1, -0.05) is 134 Å². The van der Waals surface area contributed by atoms with Gasteiger partial charge in [-0.3, -0.25) is 0 Å². The molecule has 278 valence electrons. The lowest BCUT2D eigenvalue weighted by atomic mass is 9.86. The van der Waals surface area contributed by atoms with Gasteiger partial charge in [-0.2, -0.15) is 0 Å². The summed E-state index contributed by atoms with van der Waals surface area (Å²) < 4.78 is 6.09. The molecule has 1 aromatic heterocycles. The number of furan rings is 1. The molecule has 55 heavy (non-hydrogen) atoms. The molecule has 1 aliphatic carbocycles. The third kappa shape index (κ3) is 10.1.